The number of carbonyl (C=O) groups excluding carboxylic acids is 1. The normalized spacial score (nSPS) is 13.6. The molecule has 1 aliphatic carbocycles. The van der Waals surface area contributed by atoms with Crippen molar-refractivity contribution in [3.8, 4) is 5.75 Å². The SMILES string of the molecule is Cc1ccccc1C(=O)Oc1ccc2c(c1Br)CCCC2. The summed E-state index contributed by atoms with van der Waals surface area (Å²) in [5, 5.41) is 0. The third-order valence-electron chi connectivity index (χ3n) is 4.00. The highest BCUT2D eigenvalue weighted by Crippen LogP contribution is 2.35. The second-order valence-corrected chi connectivity index (χ2v) is 6.22. The molecule has 0 fully saturated rings. The molecule has 0 aromatic heterocycles. The Labute approximate surface area is 133 Å². The van der Waals surface area contributed by atoms with E-state index in [0.717, 1.165) is 22.9 Å². The van der Waals surface area contributed by atoms with Gasteiger partial charge in [0.1, 0.15) is 5.75 Å². The third kappa shape index (κ3) is 2.88. The van der Waals surface area contributed by atoms with Gasteiger partial charge in [0.05, 0.1) is 10.0 Å². The number of esters is 1. The van der Waals surface area contributed by atoms with Crippen molar-refractivity contribution in [1.29, 1.82) is 0 Å². The molecule has 3 rings (SSSR count). The Morgan fingerprint density at radius 2 is 1.86 bits per heavy atom. The molecule has 0 heterocycles. The Hall–Kier alpha value is -1.61. The minimum atomic E-state index is -0.301. The smallest absolute Gasteiger partial charge is 0.343 e. The molecule has 108 valence electrons. The van der Waals surface area contributed by atoms with Crippen LogP contribution in [0.25, 0.3) is 0 Å². The Balaban J connectivity index is 1.89. The average Bonchev–Trinajstić information content (AvgIpc) is 2.51. The molecule has 1 aliphatic rings. The van der Waals surface area contributed by atoms with Gasteiger partial charge >= 0.3 is 5.97 Å². The first-order valence-electron chi connectivity index (χ1n) is 7.25. The molecule has 0 N–H and O–H groups in total. The molecule has 2 aromatic rings. The summed E-state index contributed by atoms with van der Waals surface area (Å²) in [7, 11) is 0. The van der Waals surface area contributed by atoms with E-state index < -0.39 is 0 Å². The first-order valence-corrected chi connectivity index (χ1v) is 8.04. The van der Waals surface area contributed by atoms with Crippen LogP contribution in [-0.4, -0.2) is 5.97 Å². The Morgan fingerprint density at radius 3 is 2.67 bits per heavy atom. The number of hydrogen-bond donors (Lipinski definition) is 0. The molecule has 0 saturated heterocycles. The standard InChI is InChI=1S/C18H17BrO2/c1-12-6-2-4-8-14(12)18(20)21-16-11-10-13-7-3-5-9-15(13)17(16)19/h2,4,6,8,10-11H,3,5,7,9H2,1H3. The van der Waals surface area contributed by atoms with E-state index in [9.17, 15) is 4.79 Å². The van der Waals surface area contributed by atoms with E-state index in [-0.39, 0.29) is 5.97 Å². The van der Waals surface area contributed by atoms with E-state index in [1.165, 1.54) is 24.0 Å². The fraction of sp³-hybridized carbons (Fsp3) is 0.278. The van der Waals surface area contributed by atoms with Crippen LogP contribution in [0.1, 0.15) is 39.9 Å². The molecule has 0 saturated carbocycles. The summed E-state index contributed by atoms with van der Waals surface area (Å²) in [6.07, 6.45) is 4.59. The van der Waals surface area contributed by atoms with Gasteiger partial charge in [-0.1, -0.05) is 24.3 Å². The highest BCUT2D eigenvalue weighted by Gasteiger charge is 2.18. The number of hydrogen-bond acceptors (Lipinski definition) is 2. The van der Waals surface area contributed by atoms with E-state index in [2.05, 4.69) is 22.0 Å². The second-order valence-electron chi connectivity index (χ2n) is 5.43. The zero-order valence-corrected chi connectivity index (χ0v) is 13.6. The van der Waals surface area contributed by atoms with Gasteiger partial charge in [0.25, 0.3) is 0 Å². The average molecular weight is 345 g/mol. The summed E-state index contributed by atoms with van der Waals surface area (Å²) in [5.74, 6) is 0.313. The molecular formula is C18H17BrO2. The van der Waals surface area contributed by atoms with Crippen molar-refractivity contribution in [2.45, 2.75) is 32.6 Å². The topological polar surface area (TPSA) is 26.3 Å². The third-order valence-corrected chi connectivity index (χ3v) is 4.86. The van der Waals surface area contributed by atoms with Crippen LogP contribution in [0.4, 0.5) is 0 Å². The van der Waals surface area contributed by atoms with Crippen LogP contribution in [0, 0.1) is 6.92 Å². The lowest BCUT2D eigenvalue weighted by Gasteiger charge is -2.19. The fourth-order valence-electron chi connectivity index (χ4n) is 2.80. The van der Waals surface area contributed by atoms with Gasteiger partial charge < -0.3 is 4.74 Å². The van der Waals surface area contributed by atoms with Crippen molar-refractivity contribution in [3.05, 3.63) is 63.1 Å². The van der Waals surface area contributed by atoms with Crippen LogP contribution in [0.2, 0.25) is 0 Å². The monoisotopic (exact) mass is 344 g/mol. The van der Waals surface area contributed by atoms with Crippen LogP contribution < -0.4 is 4.74 Å². The molecule has 0 aliphatic heterocycles. The van der Waals surface area contributed by atoms with Crippen molar-refractivity contribution < 1.29 is 9.53 Å². The zero-order valence-electron chi connectivity index (χ0n) is 12.0. The number of benzene rings is 2. The second kappa shape index (κ2) is 6.02. The van der Waals surface area contributed by atoms with Crippen LogP contribution in [-0.2, 0) is 12.8 Å². The molecule has 0 unspecified atom stereocenters. The number of rotatable bonds is 2. The van der Waals surface area contributed by atoms with Crippen molar-refractivity contribution in [3.63, 3.8) is 0 Å². The summed E-state index contributed by atoms with van der Waals surface area (Å²) in [6, 6.07) is 11.5. The fourth-order valence-corrected chi connectivity index (χ4v) is 3.46. The molecule has 2 aromatic carbocycles. The highest BCUT2D eigenvalue weighted by molar-refractivity contribution is 9.10. The summed E-state index contributed by atoms with van der Waals surface area (Å²) >= 11 is 3.61. The maximum atomic E-state index is 12.3. The predicted molar refractivity (Wildman–Crippen MR) is 86.9 cm³/mol. The number of fused-ring (bicyclic) bond motifs is 1. The quantitative estimate of drug-likeness (QED) is 0.574. The first-order chi connectivity index (χ1) is 10.2. The van der Waals surface area contributed by atoms with Gasteiger partial charge in [0.15, 0.2) is 0 Å². The van der Waals surface area contributed by atoms with Gasteiger partial charge in [0, 0.05) is 0 Å². The molecule has 0 spiro atoms. The van der Waals surface area contributed by atoms with Crippen molar-refractivity contribution in [1.82, 2.24) is 0 Å². The van der Waals surface area contributed by atoms with Gasteiger partial charge in [0.2, 0.25) is 0 Å². The Bertz CT molecular complexity index is 692. The molecule has 21 heavy (non-hydrogen) atoms. The van der Waals surface area contributed by atoms with E-state index in [0.29, 0.717) is 11.3 Å². The van der Waals surface area contributed by atoms with E-state index in [1.54, 1.807) is 6.07 Å². The van der Waals surface area contributed by atoms with E-state index in [1.807, 2.05) is 31.2 Å². The number of aryl methyl sites for hydroxylation is 2. The molecule has 2 nitrogen and oxygen atoms in total. The van der Waals surface area contributed by atoms with E-state index in [4.69, 9.17) is 4.74 Å². The van der Waals surface area contributed by atoms with Crippen LogP contribution in [0.5, 0.6) is 5.75 Å². The van der Waals surface area contributed by atoms with Gasteiger partial charge in [-0.05, 0) is 77.4 Å². The lowest BCUT2D eigenvalue weighted by atomic mass is 9.92. The van der Waals surface area contributed by atoms with Gasteiger partial charge in [-0.3, -0.25) is 0 Å². The lowest BCUT2D eigenvalue weighted by Crippen LogP contribution is -2.12. The number of ether oxygens (including phenoxy) is 1. The van der Waals surface area contributed by atoms with Gasteiger partial charge in [-0.2, -0.15) is 0 Å². The minimum absolute atomic E-state index is 0.301. The zero-order chi connectivity index (χ0) is 14.8. The van der Waals surface area contributed by atoms with Gasteiger partial charge in [-0.25, -0.2) is 4.79 Å². The van der Waals surface area contributed by atoms with Crippen LogP contribution in [0.15, 0.2) is 40.9 Å². The Kier molecular flexibility index (Phi) is 4.11. The maximum Gasteiger partial charge on any atom is 0.343 e. The molecule has 0 bridgehead atoms. The summed E-state index contributed by atoms with van der Waals surface area (Å²) in [5.41, 5.74) is 4.19. The van der Waals surface area contributed by atoms with Crippen LogP contribution in [0.3, 0.4) is 0 Å². The molecule has 3 heteroatoms. The molecule has 0 atom stereocenters. The molecule has 0 amide bonds. The minimum Gasteiger partial charge on any atom is -0.422 e. The van der Waals surface area contributed by atoms with Crippen molar-refractivity contribution in [2.24, 2.45) is 0 Å². The number of halogens is 1. The van der Waals surface area contributed by atoms with Gasteiger partial charge in [-0.15, -0.1) is 0 Å². The first kappa shape index (κ1) is 14.3. The van der Waals surface area contributed by atoms with Crippen LogP contribution >= 0.6 is 15.9 Å². The molecular weight excluding hydrogens is 328 g/mol. The summed E-state index contributed by atoms with van der Waals surface area (Å²) < 4.78 is 6.52. The lowest BCUT2D eigenvalue weighted by molar-refractivity contribution is 0.0732. The maximum absolute atomic E-state index is 12.3. The molecule has 0 radical (unpaired) electrons. The van der Waals surface area contributed by atoms with E-state index >= 15 is 0 Å². The summed E-state index contributed by atoms with van der Waals surface area (Å²) in [4.78, 5) is 12.3. The highest BCUT2D eigenvalue weighted by atomic mass is 79.9. The van der Waals surface area contributed by atoms with Crippen molar-refractivity contribution in [2.75, 3.05) is 0 Å². The Morgan fingerprint density at radius 1 is 1.10 bits per heavy atom. The van der Waals surface area contributed by atoms with Crippen molar-refractivity contribution >= 4 is 21.9 Å². The predicted octanol–water partition coefficient (Wildman–Crippen LogP) is 4.86. The summed E-state index contributed by atoms with van der Waals surface area (Å²) in [6.45, 7) is 1.92. The largest absolute Gasteiger partial charge is 0.422 e. The number of carbonyl (C=O) groups is 1.